The van der Waals surface area contributed by atoms with Crippen LogP contribution >= 0.6 is 23.2 Å². The van der Waals surface area contributed by atoms with Gasteiger partial charge in [-0.2, -0.15) is 0 Å². The molecule has 0 unspecified atom stereocenters. The van der Waals surface area contributed by atoms with Gasteiger partial charge in [-0.1, -0.05) is 29.3 Å². The van der Waals surface area contributed by atoms with Gasteiger partial charge >= 0.3 is 0 Å². The van der Waals surface area contributed by atoms with Crippen molar-refractivity contribution >= 4 is 23.2 Å². The molecule has 0 amide bonds. The molecule has 1 N–H and O–H groups in total. The first-order valence-corrected chi connectivity index (χ1v) is 5.61. The van der Waals surface area contributed by atoms with E-state index in [2.05, 4.69) is 5.32 Å². The van der Waals surface area contributed by atoms with E-state index in [-0.39, 0.29) is 5.41 Å². The topological polar surface area (TPSA) is 21.3 Å². The van der Waals surface area contributed by atoms with Gasteiger partial charge in [0.05, 0.1) is 18.6 Å². The molecular weight excluding hydrogens is 233 g/mol. The third kappa shape index (κ3) is 2.00. The smallest absolute Gasteiger partial charge is 0.0598 e. The van der Waals surface area contributed by atoms with Gasteiger partial charge in [-0.05, 0) is 24.7 Å². The number of hydrogen-bond acceptors (Lipinski definition) is 2. The Morgan fingerprint density at radius 2 is 2.13 bits per heavy atom. The Bertz CT molecular complexity index is 364. The first-order chi connectivity index (χ1) is 7.18. The predicted molar refractivity (Wildman–Crippen MR) is 62.9 cm³/mol. The van der Waals surface area contributed by atoms with Crippen LogP contribution in [0.15, 0.2) is 18.2 Å². The van der Waals surface area contributed by atoms with Gasteiger partial charge in [0, 0.05) is 16.6 Å². The summed E-state index contributed by atoms with van der Waals surface area (Å²) in [5, 5.41) is 4.57. The summed E-state index contributed by atoms with van der Waals surface area (Å²) >= 11 is 12.1. The monoisotopic (exact) mass is 245 g/mol. The SMILES string of the molecule is CNCC1(c2ccc(Cl)cc2Cl)COC1. The number of ether oxygens (including phenoxy) is 1. The average molecular weight is 246 g/mol. The maximum atomic E-state index is 6.19. The van der Waals surface area contributed by atoms with Gasteiger partial charge in [-0.25, -0.2) is 0 Å². The summed E-state index contributed by atoms with van der Waals surface area (Å²) in [7, 11) is 1.93. The third-order valence-electron chi connectivity index (χ3n) is 2.77. The molecule has 4 heteroatoms. The lowest BCUT2D eigenvalue weighted by atomic mass is 9.78. The lowest BCUT2D eigenvalue weighted by Crippen LogP contribution is -2.53. The van der Waals surface area contributed by atoms with E-state index in [1.165, 1.54) is 0 Å². The van der Waals surface area contributed by atoms with Crippen LogP contribution in [0.2, 0.25) is 10.0 Å². The number of nitrogens with one attached hydrogen (secondary N) is 1. The van der Waals surface area contributed by atoms with E-state index in [1.807, 2.05) is 19.2 Å². The Hall–Kier alpha value is -0.280. The minimum atomic E-state index is 0.0242. The zero-order valence-electron chi connectivity index (χ0n) is 8.52. The van der Waals surface area contributed by atoms with Gasteiger partial charge in [0.25, 0.3) is 0 Å². The first kappa shape index (κ1) is 11.2. The van der Waals surface area contributed by atoms with Crippen LogP contribution in [0.5, 0.6) is 0 Å². The normalized spacial score (nSPS) is 18.6. The molecule has 1 aromatic rings. The average Bonchev–Trinajstić information content (AvgIpc) is 2.12. The fourth-order valence-corrected chi connectivity index (χ4v) is 2.57. The lowest BCUT2D eigenvalue weighted by molar-refractivity contribution is -0.0582. The van der Waals surface area contributed by atoms with Crippen LogP contribution in [-0.4, -0.2) is 26.8 Å². The summed E-state index contributed by atoms with van der Waals surface area (Å²) in [6.45, 7) is 2.30. The van der Waals surface area contributed by atoms with Gasteiger partial charge in [0.2, 0.25) is 0 Å². The summed E-state index contributed by atoms with van der Waals surface area (Å²) in [5.41, 5.74) is 1.14. The molecule has 82 valence electrons. The van der Waals surface area contributed by atoms with Gasteiger partial charge in [0.15, 0.2) is 0 Å². The van der Waals surface area contributed by atoms with E-state index < -0.39 is 0 Å². The zero-order chi connectivity index (χ0) is 10.9. The van der Waals surface area contributed by atoms with Crippen LogP contribution in [0.3, 0.4) is 0 Å². The molecule has 2 nitrogen and oxygen atoms in total. The molecule has 0 bridgehead atoms. The second-order valence-corrected chi connectivity index (χ2v) is 4.77. The molecule has 15 heavy (non-hydrogen) atoms. The van der Waals surface area contributed by atoms with Crippen molar-refractivity contribution < 1.29 is 4.74 Å². The van der Waals surface area contributed by atoms with E-state index in [9.17, 15) is 0 Å². The van der Waals surface area contributed by atoms with E-state index in [4.69, 9.17) is 27.9 Å². The molecular formula is C11H13Cl2NO. The van der Waals surface area contributed by atoms with E-state index >= 15 is 0 Å². The van der Waals surface area contributed by atoms with E-state index in [0.29, 0.717) is 5.02 Å². The van der Waals surface area contributed by atoms with E-state index in [0.717, 1.165) is 30.3 Å². The number of likely N-dealkylation sites (N-methyl/N-ethyl adjacent to an activating group) is 1. The van der Waals surface area contributed by atoms with Gasteiger partial charge in [-0.3, -0.25) is 0 Å². The Morgan fingerprint density at radius 1 is 1.40 bits per heavy atom. The standard InChI is InChI=1S/C11H13Cl2NO/c1-14-5-11(6-15-7-11)9-3-2-8(12)4-10(9)13/h2-4,14H,5-7H2,1H3. The van der Waals surface area contributed by atoms with Crippen molar-refractivity contribution in [1.82, 2.24) is 5.32 Å². The second-order valence-electron chi connectivity index (χ2n) is 3.93. The molecule has 2 rings (SSSR count). The van der Waals surface area contributed by atoms with Gasteiger partial charge in [-0.15, -0.1) is 0 Å². The largest absolute Gasteiger partial charge is 0.379 e. The Kier molecular flexibility index (Phi) is 3.21. The van der Waals surface area contributed by atoms with Crippen molar-refractivity contribution in [2.75, 3.05) is 26.8 Å². The minimum absolute atomic E-state index is 0.0242. The molecule has 1 heterocycles. The number of halogens is 2. The highest BCUT2D eigenvalue weighted by Gasteiger charge is 2.41. The maximum absolute atomic E-state index is 6.19. The summed E-state index contributed by atoms with van der Waals surface area (Å²) < 4.78 is 5.30. The van der Waals surface area contributed by atoms with Crippen molar-refractivity contribution in [2.45, 2.75) is 5.41 Å². The Labute approximate surface area is 99.5 Å². The first-order valence-electron chi connectivity index (χ1n) is 4.86. The van der Waals surface area contributed by atoms with Crippen molar-refractivity contribution in [1.29, 1.82) is 0 Å². The second kappa shape index (κ2) is 4.30. The molecule has 0 radical (unpaired) electrons. The summed E-state index contributed by atoms with van der Waals surface area (Å²) in [6, 6.07) is 5.65. The lowest BCUT2D eigenvalue weighted by Gasteiger charge is -2.42. The summed E-state index contributed by atoms with van der Waals surface area (Å²) in [4.78, 5) is 0. The highest BCUT2D eigenvalue weighted by molar-refractivity contribution is 6.35. The molecule has 0 atom stereocenters. The molecule has 0 aromatic heterocycles. The molecule has 1 saturated heterocycles. The third-order valence-corrected chi connectivity index (χ3v) is 3.32. The number of benzene rings is 1. The summed E-state index contributed by atoms with van der Waals surface area (Å²) in [6.07, 6.45) is 0. The molecule has 0 spiro atoms. The highest BCUT2D eigenvalue weighted by atomic mass is 35.5. The van der Waals surface area contributed by atoms with Crippen LogP contribution in [0.1, 0.15) is 5.56 Å². The molecule has 0 aliphatic carbocycles. The van der Waals surface area contributed by atoms with Gasteiger partial charge in [0.1, 0.15) is 0 Å². The number of hydrogen-bond donors (Lipinski definition) is 1. The Morgan fingerprint density at radius 3 is 2.60 bits per heavy atom. The van der Waals surface area contributed by atoms with Crippen LogP contribution in [0.25, 0.3) is 0 Å². The van der Waals surface area contributed by atoms with E-state index in [1.54, 1.807) is 6.07 Å². The minimum Gasteiger partial charge on any atom is -0.379 e. The molecule has 0 saturated carbocycles. The van der Waals surface area contributed by atoms with Crippen molar-refractivity contribution in [3.8, 4) is 0 Å². The molecule has 1 aliphatic heterocycles. The molecule has 1 aliphatic rings. The van der Waals surface area contributed by atoms with Crippen molar-refractivity contribution in [3.05, 3.63) is 33.8 Å². The molecule has 1 fully saturated rings. The predicted octanol–water partition coefficient (Wildman–Crippen LogP) is 2.48. The van der Waals surface area contributed by atoms with Crippen LogP contribution in [-0.2, 0) is 10.2 Å². The Balaban J connectivity index is 2.34. The fourth-order valence-electron chi connectivity index (χ4n) is 1.96. The quantitative estimate of drug-likeness (QED) is 0.884. The zero-order valence-corrected chi connectivity index (χ0v) is 10.0. The fraction of sp³-hybridized carbons (Fsp3) is 0.455. The van der Waals surface area contributed by atoms with Crippen LogP contribution < -0.4 is 5.32 Å². The number of rotatable bonds is 3. The maximum Gasteiger partial charge on any atom is 0.0598 e. The van der Waals surface area contributed by atoms with Crippen LogP contribution in [0.4, 0.5) is 0 Å². The summed E-state index contributed by atoms with van der Waals surface area (Å²) in [5.74, 6) is 0. The van der Waals surface area contributed by atoms with Crippen molar-refractivity contribution in [3.63, 3.8) is 0 Å². The van der Waals surface area contributed by atoms with Gasteiger partial charge < -0.3 is 10.1 Å². The molecule has 1 aromatic carbocycles. The van der Waals surface area contributed by atoms with Crippen LogP contribution in [0, 0.1) is 0 Å². The van der Waals surface area contributed by atoms with Crippen molar-refractivity contribution in [2.24, 2.45) is 0 Å². The highest BCUT2D eigenvalue weighted by Crippen LogP contribution is 2.37.